The van der Waals surface area contributed by atoms with Crippen molar-refractivity contribution in [3.05, 3.63) is 0 Å². The first-order valence-corrected chi connectivity index (χ1v) is 6.09. The summed E-state index contributed by atoms with van der Waals surface area (Å²) in [5.74, 6) is 1.07. The molecule has 0 spiro atoms. The van der Waals surface area contributed by atoms with Gasteiger partial charge in [-0.2, -0.15) is 0 Å². The zero-order valence-corrected chi connectivity index (χ0v) is 9.72. The third-order valence-electron chi connectivity index (χ3n) is 3.01. The number of hydrogen-bond donors (Lipinski definition) is 1. The minimum Gasteiger partial charge on any atom is -0.385 e. The molecule has 0 heterocycles. The maximum absolute atomic E-state index is 5.08. The second-order valence-electron chi connectivity index (χ2n) is 4.41. The summed E-state index contributed by atoms with van der Waals surface area (Å²) in [5.41, 5.74) is 0. The van der Waals surface area contributed by atoms with E-state index in [-0.39, 0.29) is 0 Å². The van der Waals surface area contributed by atoms with E-state index in [1.54, 1.807) is 7.11 Å². The highest BCUT2D eigenvalue weighted by Crippen LogP contribution is 2.34. The highest BCUT2D eigenvalue weighted by atomic mass is 16.5. The van der Waals surface area contributed by atoms with Crippen molar-refractivity contribution in [2.75, 3.05) is 20.3 Å². The van der Waals surface area contributed by atoms with Gasteiger partial charge in [0.15, 0.2) is 0 Å². The van der Waals surface area contributed by atoms with E-state index >= 15 is 0 Å². The Hall–Kier alpha value is -0.0800. The Morgan fingerprint density at radius 2 is 2.14 bits per heavy atom. The maximum atomic E-state index is 5.08. The molecule has 0 saturated heterocycles. The topological polar surface area (TPSA) is 21.3 Å². The highest BCUT2D eigenvalue weighted by molar-refractivity contribution is 4.76. The normalized spacial score (nSPS) is 18.4. The van der Waals surface area contributed by atoms with Crippen molar-refractivity contribution in [1.82, 2.24) is 5.32 Å². The summed E-state index contributed by atoms with van der Waals surface area (Å²) >= 11 is 0. The largest absolute Gasteiger partial charge is 0.385 e. The van der Waals surface area contributed by atoms with Crippen LogP contribution < -0.4 is 5.32 Å². The van der Waals surface area contributed by atoms with Crippen molar-refractivity contribution in [2.24, 2.45) is 5.92 Å². The molecule has 1 fully saturated rings. The van der Waals surface area contributed by atoms with Gasteiger partial charge in [0.2, 0.25) is 0 Å². The average Bonchev–Trinajstić information content (AvgIpc) is 2.98. The second-order valence-corrected chi connectivity index (χ2v) is 4.41. The number of methoxy groups -OCH3 is 1. The van der Waals surface area contributed by atoms with Crippen LogP contribution in [-0.4, -0.2) is 26.3 Å². The molecule has 1 N–H and O–H groups in total. The first-order chi connectivity index (χ1) is 6.86. The summed E-state index contributed by atoms with van der Waals surface area (Å²) in [4.78, 5) is 0. The Balaban J connectivity index is 2.02. The van der Waals surface area contributed by atoms with Gasteiger partial charge < -0.3 is 10.1 Å². The Morgan fingerprint density at radius 3 is 2.71 bits per heavy atom. The molecule has 1 saturated carbocycles. The molecule has 14 heavy (non-hydrogen) atoms. The van der Waals surface area contributed by atoms with Crippen molar-refractivity contribution < 1.29 is 4.74 Å². The Bertz CT molecular complexity index is 134. The molecule has 1 atom stereocenters. The van der Waals surface area contributed by atoms with Crippen molar-refractivity contribution >= 4 is 0 Å². The number of ether oxygens (including phenoxy) is 1. The summed E-state index contributed by atoms with van der Waals surface area (Å²) in [5, 5.41) is 3.57. The van der Waals surface area contributed by atoms with Crippen LogP contribution in [-0.2, 0) is 4.74 Å². The summed E-state index contributed by atoms with van der Waals surface area (Å²) in [7, 11) is 1.78. The van der Waals surface area contributed by atoms with Crippen LogP contribution in [0.15, 0.2) is 0 Å². The molecule has 1 rings (SSSR count). The van der Waals surface area contributed by atoms with Gasteiger partial charge in [0.1, 0.15) is 0 Å². The number of hydrogen-bond acceptors (Lipinski definition) is 2. The highest BCUT2D eigenvalue weighted by Gasteiger charge is 2.22. The van der Waals surface area contributed by atoms with Gasteiger partial charge in [0, 0.05) is 19.8 Å². The van der Waals surface area contributed by atoms with E-state index in [1.807, 2.05) is 0 Å². The summed E-state index contributed by atoms with van der Waals surface area (Å²) < 4.78 is 5.08. The van der Waals surface area contributed by atoms with Crippen LogP contribution in [0.1, 0.15) is 45.4 Å². The maximum Gasteiger partial charge on any atom is 0.0462 e. The fraction of sp³-hybridized carbons (Fsp3) is 1.00. The van der Waals surface area contributed by atoms with Crippen LogP contribution in [0.4, 0.5) is 0 Å². The van der Waals surface area contributed by atoms with Crippen LogP contribution in [0.3, 0.4) is 0 Å². The lowest BCUT2D eigenvalue weighted by Gasteiger charge is -2.17. The summed E-state index contributed by atoms with van der Waals surface area (Å²) in [6, 6.07) is 0.732. The zero-order chi connectivity index (χ0) is 10.2. The molecule has 0 bridgehead atoms. The van der Waals surface area contributed by atoms with Crippen LogP contribution in [0.25, 0.3) is 0 Å². The third kappa shape index (κ3) is 5.61. The van der Waals surface area contributed by atoms with Gasteiger partial charge >= 0.3 is 0 Å². The second kappa shape index (κ2) is 7.24. The quantitative estimate of drug-likeness (QED) is 0.576. The van der Waals surface area contributed by atoms with Crippen LogP contribution in [0.5, 0.6) is 0 Å². The Morgan fingerprint density at radius 1 is 1.36 bits per heavy atom. The molecular weight excluding hydrogens is 174 g/mol. The molecule has 84 valence electrons. The third-order valence-corrected chi connectivity index (χ3v) is 3.01. The average molecular weight is 199 g/mol. The fourth-order valence-electron chi connectivity index (χ4n) is 1.95. The van der Waals surface area contributed by atoms with Crippen molar-refractivity contribution in [1.29, 1.82) is 0 Å². The smallest absolute Gasteiger partial charge is 0.0462 e. The van der Waals surface area contributed by atoms with E-state index in [9.17, 15) is 0 Å². The molecule has 2 nitrogen and oxygen atoms in total. The molecule has 2 heteroatoms. The van der Waals surface area contributed by atoms with Gasteiger partial charge in [-0.3, -0.25) is 0 Å². The lowest BCUT2D eigenvalue weighted by atomic mass is 10.0. The lowest BCUT2D eigenvalue weighted by Crippen LogP contribution is -2.29. The van der Waals surface area contributed by atoms with Gasteiger partial charge in [-0.05, 0) is 38.1 Å². The van der Waals surface area contributed by atoms with Crippen LogP contribution in [0.2, 0.25) is 0 Å². The number of nitrogens with one attached hydrogen (secondary N) is 1. The standard InChI is InChI=1S/C12H25NO/c1-3-13-12(5-4-10-14-2)9-8-11-6-7-11/h11-13H,3-10H2,1-2H3. The Labute approximate surface area is 88.4 Å². The van der Waals surface area contributed by atoms with E-state index in [1.165, 1.54) is 38.5 Å². The lowest BCUT2D eigenvalue weighted by molar-refractivity contribution is 0.188. The molecule has 0 aromatic heterocycles. The van der Waals surface area contributed by atoms with Crippen molar-refractivity contribution in [2.45, 2.75) is 51.5 Å². The van der Waals surface area contributed by atoms with E-state index in [2.05, 4.69) is 12.2 Å². The number of rotatable bonds is 9. The molecular formula is C12H25NO. The van der Waals surface area contributed by atoms with Gasteiger partial charge in [-0.25, -0.2) is 0 Å². The first kappa shape index (κ1) is 12.0. The molecule has 1 aliphatic carbocycles. The monoisotopic (exact) mass is 199 g/mol. The zero-order valence-electron chi connectivity index (χ0n) is 9.72. The van der Waals surface area contributed by atoms with Gasteiger partial charge in [0.25, 0.3) is 0 Å². The minimum absolute atomic E-state index is 0.732. The molecule has 0 aromatic carbocycles. The van der Waals surface area contributed by atoms with Crippen molar-refractivity contribution in [3.63, 3.8) is 0 Å². The van der Waals surface area contributed by atoms with Crippen molar-refractivity contribution in [3.8, 4) is 0 Å². The predicted molar refractivity (Wildman–Crippen MR) is 60.5 cm³/mol. The molecule has 1 aliphatic rings. The van der Waals surface area contributed by atoms with Crippen LogP contribution >= 0.6 is 0 Å². The fourth-order valence-corrected chi connectivity index (χ4v) is 1.95. The minimum atomic E-state index is 0.732. The molecule has 0 amide bonds. The Kier molecular flexibility index (Phi) is 6.20. The molecule has 0 aromatic rings. The van der Waals surface area contributed by atoms with Gasteiger partial charge in [-0.1, -0.05) is 19.8 Å². The van der Waals surface area contributed by atoms with E-state index in [0.717, 1.165) is 25.1 Å². The van der Waals surface area contributed by atoms with E-state index < -0.39 is 0 Å². The van der Waals surface area contributed by atoms with Crippen LogP contribution in [0, 0.1) is 5.92 Å². The molecule has 0 aliphatic heterocycles. The van der Waals surface area contributed by atoms with E-state index in [0.29, 0.717) is 0 Å². The predicted octanol–water partition coefficient (Wildman–Crippen LogP) is 2.58. The van der Waals surface area contributed by atoms with Gasteiger partial charge in [-0.15, -0.1) is 0 Å². The van der Waals surface area contributed by atoms with Gasteiger partial charge in [0.05, 0.1) is 0 Å². The molecule has 0 radical (unpaired) electrons. The summed E-state index contributed by atoms with van der Waals surface area (Å²) in [6.45, 7) is 4.20. The SMILES string of the molecule is CCNC(CCCOC)CCC1CC1. The first-order valence-electron chi connectivity index (χ1n) is 6.09. The molecule has 1 unspecified atom stereocenters. The summed E-state index contributed by atoms with van der Waals surface area (Å²) in [6.07, 6.45) is 8.23. The van der Waals surface area contributed by atoms with E-state index in [4.69, 9.17) is 4.74 Å².